The molecule has 1 saturated heterocycles. The molecular formula is C31H23FN4O4. The molecule has 0 spiro atoms. The highest BCUT2D eigenvalue weighted by molar-refractivity contribution is 6.24. The Bertz CT molecular complexity index is 1780. The quantitative estimate of drug-likeness (QED) is 0.299. The topological polar surface area (TPSA) is 98.7 Å². The molecule has 0 saturated carbocycles. The first-order valence-corrected chi connectivity index (χ1v) is 12.9. The summed E-state index contributed by atoms with van der Waals surface area (Å²) in [4.78, 5) is 47.4. The van der Waals surface area contributed by atoms with E-state index in [0.29, 0.717) is 17.7 Å². The molecule has 9 heteroatoms. The summed E-state index contributed by atoms with van der Waals surface area (Å²) in [6.07, 6.45) is 1.83. The zero-order valence-electron chi connectivity index (χ0n) is 21.1. The number of fused-ring (bicyclic) bond motifs is 4. The third kappa shape index (κ3) is 3.70. The van der Waals surface area contributed by atoms with Crippen molar-refractivity contribution in [3.63, 3.8) is 0 Å². The zero-order chi connectivity index (χ0) is 27.4. The minimum absolute atomic E-state index is 0.158. The van der Waals surface area contributed by atoms with E-state index < -0.39 is 35.7 Å². The van der Waals surface area contributed by atoms with Crippen LogP contribution >= 0.6 is 0 Å². The van der Waals surface area contributed by atoms with Crippen molar-refractivity contribution < 1.29 is 23.2 Å². The van der Waals surface area contributed by atoms with Crippen LogP contribution in [0.1, 0.15) is 39.0 Å². The van der Waals surface area contributed by atoms with Crippen molar-refractivity contribution in [3.05, 3.63) is 125 Å². The van der Waals surface area contributed by atoms with Crippen molar-refractivity contribution in [2.24, 2.45) is 0 Å². The van der Waals surface area contributed by atoms with Crippen molar-refractivity contribution in [3.8, 4) is 0 Å². The molecule has 8 nitrogen and oxygen atoms in total. The summed E-state index contributed by atoms with van der Waals surface area (Å²) in [5.41, 5.74) is 3.70. The number of benzene rings is 3. The van der Waals surface area contributed by atoms with Gasteiger partial charge in [-0.3, -0.25) is 14.5 Å². The number of urea groups is 1. The Hall–Kier alpha value is -5.18. The van der Waals surface area contributed by atoms with Gasteiger partial charge in [0.15, 0.2) is 0 Å². The summed E-state index contributed by atoms with van der Waals surface area (Å²) in [5.74, 6) is -0.678. The van der Waals surface area contributed by atoms with Gasteiger partial charge in [0.25, 0.3) is 11.8 Å². The minimum atomic E-state index is -0.798. The Kier molecular flexibility index (Phi) is 5.52. The molecule has 3 aromatic carbocycles. The number of halogens is 1. The molecule has 2 aliphatic heterocycles. The highest BCUT2D eigenvalue weighted by Crippen LogP contribution is 2.45. The molecule has 4 amide bonds. The average molecular weight is 535 g/mol. The molecule has 7 rings (SSSR count). The van der Waals surface area contributed by atoms with Crippen LogP contribution in [0.15, 0.2) is 95.6 Å². The van der Waals surface area contributed by atoms with Gasteiger partial charge in [0.05, 0.1) is 24.1 Å². The summed E-state index contributed by atoms with van der Waals surface area (Å²) >= 11 is 0. The molecule has 2 aromatic heterocycles. The number of aromatic nitrogens is 1. The van der Waals surface area contributed by atoms with Gasteiger partial charge in [-0.05, 0) is 53.6 Å². The maximum Gasteiger partial charge on any atom is 0.332 e. The van der Waals surface area contributed by atoms with E-state index in [0.717, 1.165) is 27.1 Å². The zero-order valence-corrected chi connectivity index (χ0v) is 21.1. The highest BCUT2D eigenvalue weighted by Gasteiger charge is 2.53. The molecule has 2 N–H and O–H groups in total. The van der Waals surface area contributed by atoms with E-state index in [-0.39, 0.29) is 17.8 Å². The van der Waals surface area contributed by atoms with Crippen LogP contribution in [-0.2, 0) is 17.8 Å². The van der Waals surface area contributed by atoms with Crippen molar-refractivity contribution >= 4 is 34.4 Å². The van der Waals surface area contributed by atoms with Crippen molar-refractivity contribution in [1.82, 2.24) is 15.2 Å². The molecule has 2 unspecified atom stereocenters. The van der Waals surface area contributed by atoms with E-state index in [1.807, 2.05) is 24.3 Å². The van der Waals surface area contributed by atoms with E-state index in [9.17, 15) is 18.8 Å². The van der Waals surface area contributed by atoms with E-state index in [1.165, 1.54) is 18.4 Å². The lowest BCUT2D eigenvalue weighted by Crippen LogP contribution is -2.44. The molecule has 1 fully saturated rings. The fraction of sp³-hybridized carbons (Fsp3) is 0.129. The number of carbonyl (C=O) groups excluding carboxylic acids is 3. The highest BCUT2D eigenvalue weighted by atomic mass is 19.1. The summed E-state index contributed by atoms with van der Waals surface area (Å²) in [5, 5.41) is 3.76. The number of furan rings is 1. The van der Waals surface area contributed by atoms with Gasteiger partial charge in [0.2, 0.25) is 0 Å². The standard InChI is InChI=1S/C31H23FN4O4/c32-19-13-11-18(12-14-19)28-27-23(21-7-1-3-9-24(21)34-27)16-26-30(38)36(31(39)35(26)28)25-10-4-2-8-22(25)29(37)33-17-20-6-5-15-40-20/h1-15,26,28,34H,16-17H2,(H,33,37). The first kappa shape index (κ1) is 23.9. The fourth-order valence-electron chi connectivity index (χ4n) is 5.82. The largest absolute Gasteiger partial charge is 0.467 e. The lowest BCUT2D eigenvalue weighted by atomic mass is 9.89. The third-order valence-electron chi connectivity index (χ3n) is 7.63. The Morgan fingerprint density at radius 3 is 2.55 bits per heavy atom. The molecule has 40 heavy (non-hydrogen) atoms. The monoisotopic (exact) mass is 534 g/mol. The Labute approximate surface area is 228 Å². The average Bonchev–Trinajstić information content (AvgIpc) is 3.69. The second-order valence-corrected chi connectivity index (χ2v) is 9.88. The third-order valence-corrected chi connectivity index (χ3v) is 7.63. The summed E-state index contributed by atoms with van der Waals surface area (Å²) in [7, 11) is 0. The number of anilines is 1. The SMILES string of the molecule is O=C(NCc1ccco1)c1ccccc1N1C(=O)C2Cc3c([nH]c4ccccc34)C(c3ccc(F)cc3)N2C1=O. The molecule has 0 aliphatic carbocycles. The first-order valence-electron chi connectivity index (χ1n) is 12.9. The van der Waals surface area contributed by atoms with Crippen LogP contribution < -0.4 is 10.2 Å². The normalized spacial score (nSPS) is 18.2. The van der Waals surface area contributed by atoms with Gasteiger partial charge in [-0.15, -0.1) is 0 Å². The van der Waals surface area contributed by atoms with E-state index in [4.69, 9.17) is 4.42 Å². The van der Waals surface area contributed by atoms with Crippen LogP contribution in [0.2, 0.25) is 0 Å². The number of rotatable bonds is 5. The molecule has 198 valence electrons. The van der Waals surface area contributed by atoms with Crippen molar-refractivity contribution in [2.75, 3.05) is 4.90 Å². The number of aromatic amines is 1. The molecular weight excluding hydrogens is 511 g/mol. The number of hydrogen-bond acceptors (Lipinski definition) is 4. The van der Waals surface area contributed by atoms with Crippen molar-refractivity contribution in [1.29, 1.82) is 0 Å². The number of nitrogens with one attached hydrogen (secondary N) is 2. The summed E-state index contributed by atoms with van der Waals surface area (Å²) in [6, 6.07) is 21.8. The number of hydrogen-bond donors (Lipinski definition) is 2. The summed E-state index contributed by atoms with van der Waals surface area (Å²) in [6.45, 7) is 0.158. The minimum Gasteiger partial charge on any atom is -0.467 e. The number of carbonyl (C=O) groups is 3. The molecule has 0 bridgehead atoms. The number of amides is 4. The van der Waals surface area contributed by atoms with Crippen LogP contribution in [0.4, 0.5) is 14.9 Å². The van der Waals surface area contributed by atoms with Gasteiger partial charge in [0.1, 0.15) is 23.7 Å². The Balaban J connectivity index is 1.30. The maximum absolute atomic E-state index is 14.1. The van der Waals surface area contributed by atoms with E-state index in [1.54, 1.807) is 53.4 Å². The van der Waals surface area contributed by atoms with Gasteiger partial charge in [-0.25, -0.2) is 14.1 Å². The van der Waals surface area contributed by atoms with Crippen LogP contribution in [0.25, 0.3) is 10.9 Å². The van der Waals surface area contributed by atoms with E-state index >= 15 is 0 Å². The lowest BCUT2D eigenvalue weighted by Gasteiger charge is -2.36. The predicted molar refractivity (Wildman–Crippen MR) is 145 cm³/mol. The molecule has 4 heterocycles. The van der Waals surface area contributed by atoms with Gasteiger partial charge in [-0.1, -0.05) is 42.5 Å². The predicted octanol–water partition coefficient (Wildman–Crippen LogP) is 5.31. The van der Waals surface area contributed by atoms with Crippen molar-refractivity contribution in [2.45, 2.75) is 25.0 Å². The second-order valence-electron chi connectivity index (χ2n) is 9.88. The van der Waals surface area contributed by atoms with Crippen LogP contribution in [0, 0.1) is 5.82 Å². The molecule has 2 aliphatic rings. The number of para-hydroxylation sites is 2. The summed E-state index contributed by atoms with van der Waals surface area (Å²) < 4.78 is 19.2. The lowest BCUT2D eigenvalue weighted by molar-refractivity contribution is -0.120. The number of H-pyrrole nitrogens is 1. The smallest absolute Gasteiger partial charge is 0.332 e. The maximum atomic E-state index is 14.1. The van der Waals surface area contributed by atoms with Crippen LogP contribution in [-0.4, -0.2) is 33.8 Å². The Morgan fingerprint density at radius 1 is 0.975 bits per heavy atom. The van der Waals surface area contributed by atoms with Gasteiger partial charge in [0, 0.05) is 23.0 Å². The Morgan fingerprint density at radius 2 is 1.75 bits per heavy atom. The van der Waals surface area contributed by atoms with Gasteiger partial charge in [-0.2, -0.15) is 0 Å². The fourth-order valence-corrected chi connectivity index (χ4v) is 5.82. The molecule has 2 atom stereocenters. The van der Waals surface area contributed by atoms with Crippen LogP contribution in [0.5, 0.6) is 0 Å². The number of nitrogens with zero attached hydrogens (tertiary/aromatic N) is 2. The molecule has 5 aromatic rings. The van der Waals surface area contributed by atoms with Crippen LogP contribution in [0.3, 0.4) is 0 Å². The van der Waals surface area contributed by atoms with Gasteiger partial charge >= 0.3 is 6.03 Å². The number of imide groups is 1. The molecule has 0 radical (unpaired) electrons. The van der Waals surface area contributed by atoms with E-state index in [2.05, 4.69) is 10.3 Å². The van der Waals surface area contributed by atoms with Gasteiger partial charge < -0.3 is 14.7 Å². The second kappa shape index (κ2) is 9.23. The first-order chi connectivity index (χ1) is 19.5.